The van der Waals surface area contributed by atoms with E-state index in [1.54, 1.807) is 19.1 Å². The fourth-order valence-corrected chi connectivity index (χ4v) is 5.33. The number of rotatable bonds is 18. The first-order chi connectivity index (χ1) is 34.7. The molecule has 0 aliphatic heterocycles. The fraction of sp³-hybridized carbons (Fsp3) is 0.727. The highest BCUT2D eigenvalue weighted by Crippen LogP contribution is 2.45. The van der Waals surface area contributed by atoms with Crippen molar-refractivity contribution in [3.63, 3.8) is 0 Å². The topological polar surface area (TPSA) is 352 Å². The Balaban J connectivity index is -0.000000148. The number of carboxylic acid groups (broad SMARTS) is 4. The first-order valence-corrected chi connectivity index (χ1v) is 28.2. The first-order valence-electron chi connectivity index (χ1n) is 22.7. The molecule has 464 valence electrons. The molecular formula is C44H67F10NO18S5-8. The van der Waals surface area contributed by atoms with Gasteiger partial charge in [-0.2, -0.15) is 35.1 Å². The second-order valence-corrected chi connectivity index (χ2v) is 21.7. The Morgan fingerprint density at radius 3 is 1.17 bits per heavy atom. The van der Waals surface area contributed by atoms with Crippen LogP contribution < -0.4 is 20.4 Å². The normalized spacial score (nSPS) is 12.7. The molecule has 1 saturated carbocycles. The summed E-state index contributed by atoms with van der Waals surface area (Å²) in [7, 11) is -13.6. The van der Waals surface area contributed by atoms with Gasteiger partial charge in [-0.1, -0.05) is 87.2 Å². The zero-order valence-electron chi connectivity index (χ0n) is 44.3. The maximum atomic E-state index is 12.0. The van der Waals surface area contributed by atoms with Crippen LogP contribution in [0.1, 0.15) is 151 Å². The lowest BCUT2D eigenvalue weighted by Crippen LogP contribution is -2.60. The molecule has 2 rings (SSSR count). The average molecular weight is 1250 g/mol. The number of carboxylic acids is 4. The van der Waals surface area contributed by atoms with Crippen LogP contribution >= 0.6 is 12.2 Å². The molecule has 19 nitrogen and oxygen atoms in total. The summed E-state index contributed by atoms with van der Waals surface area (Å²) in [5, 5.41) is 34.2. The minimum atomic E-state index is -5.97. The summed E-state index contributed by atoms with van der Waals surface area (Å²) in [6.07, 6.45) is 14.2. The second kappa shape index (κ2) is 42.8. The maximum absolute atomic E-state index is 12.0. The Kier molecular flexibility index (Phi) is 48.1. The largest absolute Gasteiger partial charge is 0.748 e. The summed E-state index contributed by atoms with van der Waals surface area (Å²) in [5.41, 5.74) is 0.928. The minimum Gasteiger partial charge on any atom is -0.748 e. The summed E-state index contributed by atoms with van der Waals surface area (Å²) in [6.45, 7) is 13.2. The third kappa shape index (κ3) is 55.2. The Hall–Kier alpha value is -4.09. The smallest absolute Gasteiger partial charge is 0.377 e. The molecule has 1 aromatic rings. The van der Waals surface area contributed by atoms with Crippen LogP contribution in [0, 0.1) is 12.8 Å². The number of carbonyl (C=O) groups is 5. The van der Waals surface area contributed by atoms with Gasteiger partial charge in [-0.25, -0.2) is 34.0 Å². The molecule has 0 amide bonds. The Morgan fingerprint density at radius 2 is 0.987 bits per heavy atom. The van der Waals surface area contributed by atoms with Crippen LogP contribution in [-0.4, -0.2) is 126 Å². The molecule has 1 aromatic carbocycles. The number of ketones is 1. The highest BCUT2D eigenvalue weighted by Gasteiger charge is 2.70. The molecule has 0 saturated heterocycles. The van der Waals surface area contributed by atoms with E-state index in [0.29, 0.717) is 16.4 Å². The number of hydrogen-bond acceptors (Lipinski definition) is 20. The number of aryl methyl sites for hydroxylation is 1. The molecular weight excluding hydrogens is 1180 g/mol. The van der Waals surface area contributed by atoms with E-state index in [1.807, 2.05) is 32.6 Å². The van der Waals surface area contributed by atoms with Crippen molar-refractivity contribution in [2.75, 3.05) is 19.3 Å². The molecule has 0 atom stereocenters. The number of hydrogen-bond donors (Lipinski definition) is 0. The van der Waals surface area contributed by atoms with E-state index in [1.165, 1.54) is 44.2 Å². The molecule has 0 radical (unpaired) electrons. The number of alkyl halides is 10. The van der Waals surface area contributed by atoms with Gasteiger partial charge in [0.25, 0.3) is 5.92 Å². The molecule has 1 aliphatic carbocycles. The van der Waals surface area contributed by atoms with Gasteiger partial charge in [0.1, 0.15) is 27.8 Å². The van der Waals surface area contributed by atoms with Crippen LogP contribution in [0.5, 0.6) is 0 Å². The minimum absolute atomic E-state index is 0.0370. The number of nitrogens with zero attached hydrogens (tertiary/aromatic N) is 1. The third-order valence-electron chi connectivity index (χ3n) is 8.67. The molecule has 0 bridgehead atoms. The first kappa shape index (κ1) is 87.8. The highest BCUT2D eigenvalue weighted by molar-refractivity contribution is 8.00. The summed E-state index contributed by atoms with van der Waals surface area (Å²) in [6, 6.07) is 5.78. The van der Waals surface area contributed by atoms with E-state index >= 15 is 0 Å². The van der Waals surface area contributed by atoms with Crippen molar-refractivity contribution in [3.05, 3.63) is 29.8 Å². The quantitative estimate of drug-likeness (QED) is 0.0839. The summed E-state index contributed by atoms with van der Waals surface area (Å²) in [4.78, 5) is 50.4. The van der Waals surface area contributed by atoms with Crippen LogP contribution in [0.4, 0.5) is 43.9 Å². The average Bonchev–Trinajstić information content (AvgIpc) is 3.25. The Bertz CT molecular complexity index is 2170. The van der Waals surface area contributed by atoms with Crippen LogP contribution in [0.3, 0.4) is 0 Å². The van der Waals surface area contributed by atoms with Crippen molar-refractivity contribution >= 4 is 89.2 Å². The number of halogens is 10. The lowest BCUT2D eigenvalue weighted by atomic mass is 9.86. The molecule has 0 heterocycles. The number of unbranched alkanes of at least 4 members (excludes halogenated alkanes) is 2. The van der Waals surface area contributed by atoms with Crippen LogP contribution in [-0.2, 0) is 67.0 Å². The predicted molar refractivity (Wildman–Crippen MR) is 259 cm³/mol. The van der Waals surface area contributed by atoms with Crippen molar-refractivity contribution in [2.24, 2.45) is 5.92 Å². The van der Waals surface area contributed by atoms with Gasteiger partial charge in [-0.3, -0.25) is 0 Å². The number of carbonyl (C=O) groups excluding carboxylic acids is 5. The van der Waals surface area contributed by atoms with E-state index in [4.69, 9.17) is 47.7 Å². The molecule has 0 N–H and O–H groups in total. The molecule has 1 aliphatic rings. The van der Waals surface area contributed by atoms with Gasteiger partial charge in [-0.05, 0) is 77.8 Å². The fourth-order valence-electron chi connectivity index (χ4n) is 4.35. The Labute approximate surface area is 460 Å². The van der Waals surface area contributed by atoms with Crippen molar-refractivity contribution in [1.82, 2.24) is 4.90 Å². The number of benzene rings is 1. The van der Waals surface area contributed by atoms with Gasteiger partial charge >= 0.3 is 23.0 Å². The van der Waals surface area contributed by atoms with Crippen LogP contribution in [0.25, 0.3) is 0 Å². The van der Waals surface area contributed by atoms with Crippen LogP contribution in [0.2, 0.25) is 0 Å². The van der Waals surface area contributed by atoms with Gasteiger partial charge < -0.3 is 87.8 Å². The third-order valence-corrected chi connectivity index (χ3v) is 10.9. The lowest BCUT2D eigenvalue weighted by Gasteiger charge is -2.30. The zero-order valence-corrected chi connectivity index (χ0v) is 48.4. The van der Waals surface area contributed by atoms with Crippen LogP contribution in [0.15, 0.2) is 29.2 Å². The van der Waals surface area contributed by atoms with E-state index in [9.17, 15) is 104 Å². The maximum Gasteiger partial charge on any atom is 0.377 e. The van der Waals surface area contributed by atoms with Crippen molar-refractivity contribution in [3.8, 4) is 0 Å². The second-order valence-electron chi connectivity index (χ2n) is 16.2. The number of aliphatic carboxylic acids is 4. The standard InChI is InChI=1S/C10H18O2.C7H8O3S.C6H12O.C5H4F6O2.C5H11NS2.C5H10O2.C3H4F2O2.C2H4F2O3S.CH4O3S/c11-10(12)8-4-7-9-5-2-1-3-6-9;1-6-2-4-7(5-3-6)11(8,9)10;1-3-4-5-6(2)7;1-3(6,7)5(10,11)4(8,9)2(12)13;1-3-6(4-2)5(7)8;1-2-3-4-5(6)7;1-3(4,5)2(6)7;1-2(3,4)8(5,6)7;1-5(2,3)4/h9H,1-8H2,(H,11,12);2-5H,1H3,(H,8,9,10);3-5H2,1-2H3;1H3,(H,12,13);3-4H2,1-2H3,(H,7,8);2-4H2,1H3,(H,6,7);1H3,(H,6,7);1H3,(H,5,6,7);1H3,(H,2,3,4)/p-8. The summed E-state index contributed by atoms with van der Waals surface area (Å²) in [5.74, 6) is -27.3. The molecule has 78 heavy (non-hydrogen) atoms. The van der Waals surface area contributed by atoms with Gasteiger partial charge in [0.05, 0.1) is 15.0 Å². The van der Waals surface area contributed by atoms with E-state index in [2.05, 4.69) is 6.92 Å². The summed E-state index contributed by atoms with van der Waals surface area (Å²) < 4.78 is 204. The molecule has 34 heteroatoms. The van der Waals surface area contributed by atoms with E-state index in [-0.39, 0.29) is 31.6 Å². The predicted octanol–water partition coefficient (Wildman–Crippen LogP) is 4.60. The van der Waals surface area contributed by atoms with Crippen molar-refractivity contribution in [1.29, 1.82) is 0 Å². The highest BCUT2D eigenvalue weighted by atomic mass is 32.2. The molecule has 1 fully saturated rings. The SMILES string of the molecule is CC(F)(F)C(=O)[O-].CC(F)(F)C(F)(F)C(F)(F)C(=O)[O-].CC(F)(F)S(=O)(=O)[O-].CCCCC(=O)[O-].CCCCC(C)=O.CCN(CC)C(=S)[S-].CS(=O)(=O)[O-].Cc1ccc(S(=O)(=O)[O-])cc1.O=C([O-])CCCC1CCCCC1. The van der Waals surface area contributed by atoms with Crippen molar-refractivity contribution in [2.45, 2.75) is 186 Å². The number of thiocarbonyl (C=S) groups is 1. The van der Waals surface area contributed by atoms with E-state index < -0.39 is 90.1 Å². The lowest BCUT2D eigenvalue weighted by molar-refractivity contribution is -0.367. The van der Waals surface area contributed by atoms with Crippen molar-refractivity contribution < 1.29 is 127 Å². The summed E-state index contributed by atoms with van der Waals surface area (Å²) >= 11 is 9.51. The van der Waals surface area contributed by atoms with Gasteiger partial charge in [-0.15, -0.1) is 0 Å². The molecule has 0 spiro atoms. The molecule has 0 unspecified atom stereocenters. The monoisotopic (exact) mass is 1250 g/mol. The van der Waals surface area contributed by atoms with E-state index in [0.717, 1.165) is 69.5 Å². The Morgan fingerprint density at radius 1 is 0.654 bits per heavy atom. The molecule has 0 aromatic heterocycles. The number of Topliss-reactive ketones (excluding diaryl/α,β-unsaturated/α-hetero) is 1. The van der Waals surface area contributed by atoms with Gasteiger partial charge in [0, 0.05) is 58.5 Å². The van der Waals surface area contributed by atoms with Gasteiger partial charge in [0.15, 0.2) is 10.1 Å². The zero-order chi connectivity index (χ0) is 63.9. The van der Waals surface area contributed by atoms with Gasteiger partial charge in [0.2, 0.25) is 0 Å².